The fourth-order valence-corrected chi connectivity index (χ4v) is 2.76. The van der Waals surface area contributed by atoms with Gasteiger partial charge in [0.1, 0.15) is 0 Å². The summed E-state index contributed by atoms with van der Waals surface area (Å²) in [6, 6.07) is 5.05. The van der Waals surface area contributed by atoms with E-state index in [0.717, 1.165) is 30.4 Å². The average Bonchev–Trinajstić information content (AvgIpc) is 2.91. The Kier molecular flexibility index (Phi) is 5.00. The third-order valence-electron chi connectivity index (χ3n) is 3.27. The van der Waals surface area contributed by atoms with Crippen LogP contribution in [0.2, 0.25) is 0 Å². The molecule has 108 valence electrons. The number of benzene rings is 1. The van der Waals surface area contributed by atoms with Gasteiger partial charge in [-0.05, 0) is 31.0 Å². The van der Waals surface area contributed by atoms with Crippen LogP contribution < -0.4 is 11.1 Å². The summed E-state index contributed by atoms with van der Waals surface area (Å²) >= 11 is 3.30. The van der Waals surface area contributed by atoms with E-state index in [9.17, 15) is 9.59 Å². The maximum Gasteiger partial charge on any atom is 0.251 e. The first-order chi connectivity index (χ1) is 9.56. The second kappa shape index (κ2) is 6.74. The summed E-state index contributed by atoms with van der Waals surface area (Å²) in [6.45, 7) is 2.03. The van der Waals surface area contributed by atoms with Crippen LogP contribution in [0.1, 0.15) is 29.6 Å². The summed E-state index contributed by atoms with van der Waals surface area (Å²) in [5.41, 5.74) is 6.70. The molecule has 5 nitrogen and oxygen atoms in total. The Morgan fingerprint density at radius 2 is 1.95 bits per heavy atom. The van der Waals surface area contributed by atoms with Gasteiger partial charge in [0.05, 0.1) is 0 Å². The van der Waals surface area contributed by atoms with Crippen molar-refractivity contribution in [3.05, 3.63) is 28.2 Å². The Morgan fingerprint density at radius 3 is 2.60 bits per heavy atom. The summed E-state index contributed by atoms with van der Waals surface area (Å²) in [4.78, 5) is 25.6. The van der Waals surface area contributed by atoms with Gasteiger partial charge in [-0.3, -0.25) is 9.59 Å². The number of hydrogen-bond acceptors (Lipinski definition) is 3. The molecule has 1 aliphatic heterocycles. The Labute approximate surface area is 126 Å². The highest BCUT2D eigenvalue weighted by molar-refractivity contribution is 9.10. The number of rotatable bonds is 4. The number of carbonyl (C=O) groups excluding carboxylic acids is 2. The summed E-state index contributed by atoms with van der Waals surface area (Å²) in [7, 11) is 0. The van der Waals surface area contributed by atoms with Crippen molar-refractivity contribution in [2.75, 3.05) is 25.4 Å². The molecule has 0 aromatic heterocycles. The number of nitrogen functional groups attached to an aromatic ring is 1. The van der Waals surface area contributed by atoms with Gasteiger partial charge in [0, 0.05) is 41.8 Å². The topological polar surface area (TPSA) is 75.4 Å². The van der Waals surface area contributed by atoms with Gasteiger partial charge in [-0.15, -0.1) is 0 Å². The second-order valence-corrected chi connectivity index (χ2v) is 5.78. The zero-order chi connectivity index (χ0) is 14.5. The quantitative estimate of drug-likeness (QED) is 0.821. The van der Waals surface area contributed by atoms with Crippen LogP contribution in [0.15, 0.2) is 22.7 Å². The van der Waals surface area contributed by atoms with Crippen LogP contribution >= 0.6 is 15.9 Å². The largest absolute Gasteiger partial charge is 0.399 e. The van der Waals surface area contributed by atoms with Crippen molar-refractivity contribution in [3.8, 4) is 0 Å². The van der Waals surface area contributed by atoms with Crippen LogP contribution in [0.25, 0.3) is 0 Å². The van der Waals surface area contributed by atoms with Gasteiger partial charge in [0.25, 0.3) is 5.91 Å². The molecule has 0 unspecified atom stereocenters. The molecule has 3 N–H and O–H groups in total. The number of hydrogen-bond donors (Lipinski definition) is 2. The molecule has 0 radical (unpaired) electrons. The van der Waals surface area contributed by atoms with Crippen LogP contribution in [0.3, 0.4) is 0 Å². The molecule has 0 bridgehead atoms. The van der Waals surface area contributed by atoms with Gasteiger partial charge in [-0.1, -0.05) is 15.9 Å². The number of carbonyl (C=O) groups is 2. The average molecular weight is 340 g/mol. The third kappa shape index (κ3) is 3.96. The molecule has 1 fully saturated rings. The van der Waals surface area contributed by atoms with Crippen LogP contribution in [0, 0.1) is 0 Å². The van der Waals surface area contributed by atoms with Crippen molar-refractivity contribution in [1.29, 1.82) is 0 Å². The van der Waals surface area contributed by atoms with Gasteiger partial charge in [0.15, 0.2) is 0 Å². The van der Waals surface area contributed by atoms with Gasteiger partial charge in [0.2, 0.25) is 5.91 Å². The van der Waals surface area contributed by atoms with Crippen molar-refractivity contribution in [2.45, 2.75) is 19.3 Å². The zero-order valence-electron chi connectivity index (χ0n) is 11.2. The molecule has 0 aliphatic carbocycles. The predicted octanol–water partition coefficient (Wildman–Crippen LogP) is 1.77. The van der Waals surface area contributed by atoms with Crippen LogP contribution in [0.4, 0.5) is 5.69 Å². The lowest BCUT2D eigenvalue weighted by molar-refractivity contribution is -0.129. The van der Waals surface area contributed by atoms with Crippen molar-refractivity contribution in [2.24, 2.45) is 0 Å². The van der Waals surface area contributed by atoms with Gasteiger partial charge in [-0.2, -0.15) is 0 Å². The molecule has 1 aliphatic rings. The number of likely N-dealkylation sites (tertiary alicyclic amines) is 1. The minimum atomic E-state index is -0.216. The summed E-state index contributed by atoms with van der Waals surface area (Å²) in [5, 5.41) is 2.74. The first kappa shape index (κ1) is 14.8. The van der Waals surface area contributed by atoms with Gasteiger partial charge >= 0.3 is 0 Å². The van der Waals surface area contributed by atoms with E-state index in [1.165, 1.54) is 0 Å². The highest BCUT2D eigenvalue weighted by Crippen LogP contribution is 2.17. The van der Waals surface area contributed by atoms with E-state index in [2.05, 4.69) is 21.2 Å². The number of anilines is 1. The highest BCUT2D eigenvalue weighted by atomic mass is 79.9. The lowest BCUT2D eigenvalue weighted by Crippen LogP contribution is -2.32. The van der Waals surface area contributed by atoms with E-state index >= 15 is 0 Å². The lowest BCUT2D eigenvalue weighted by atomic mass is 10.2. The molecular weight excluding hydrogens is 322 g/mol. The van der Waals surface area contributed by atoms with Gasteiger partial charge in [-0.25, -0.2) is 0 Å². The molecule has 2 rings (SSSR count). The van der Waals surface area contributed by atoms with Crippen molar-refractivity contribution in [1.82, 2.24) is 10.2 Å². The Balaban J connectivity index is 1.81. The van der Waals surface area contributed by atoms with Crippen molar-refractivity contribution in [3.63, 3.8) is 0 Å². The molecule has 6 heteroatoms. The van der Waals surface area contributed by atoms with E-state index in [1.54, 1.807) is 18.2 Å². The van der Waals surface area contributed by atoms with E-state index < -0.39 is 0 Å². The number of nitrogens with two attached hydrogens (primary N) is 1. The van der Waals surface area contributed by atoms with Gasteiger partial charge < -0.3 is 16.0 Å². The predicted molar refractivity (Wildman–Crippen MR) is 81.3 cm³/mol. The number of nitrogens with one attached hydrogen (secondary N) is 1. The minimum absolute atomic E-state index is 0.108. The highest BCUT2D eigenvalue weighted by Gasteiger charge is 2.17. The molecule has 0 spiro atoms. The van der Waals surface area contributed by atoms with E-state index in [4.69, 9.17) is 5.73 Å². The van der Waals surface area contributed by atoms with Crippen LogP contribution in [0.5, 0.6) is 0 Å². The first-order valence-electron chi connectivity index (χ1n) is 6.68. The van der Waals surface area contributed by atoms with Crippen LogP contribution in [-0.2, 0) is 4.79 Å². The molecule has 0 saturated carbocycles. The molecule has 1 aromatic rings. The normalized spacial score (nSPS) is 14.3. The Hall–Kier alpha value is -1.56. The Bertz CT molecular complexity index is 493. The molecular formula is C14H18BrN3O2. The number of halogens is 1. The summed E-state index contributed by atoms with van der Waals surface area (Å²) < 4.78 is 0.760. The first-order valence-corrected chi connectivity index (χ1v) is 7.47. The van der Waals surface area contributed by atoms with E-state index in [1.807, 2.05) is 4.90 Å². The fraction of sp³-hybridized carbons (Fsp3) is 0.429. The van der Waals surface area contributed by atoms with E-state index in [-0.39, 0.29) is 11.8 Å². The SMILES string of the molecule is Nc1cc(Br)cc(C(=O)NCCC(=O)N2CCCC2)c1. The van der Waals surface area contributed by atoms with Crippen LogP contribution in [-0.4, -0.2) is 36.3 Å². The number of nitrogens with zero attached hydrogens (tertiary/aromatic N) is 1. The van der Waals surface area contributed by atoms with Crippen molar-refractivity contribution >= 4 is 33.4 Å². The monoisotopic (exact) mass is 339 g/mol. The molecule has 1 saturated heterocycles. The molecule has 20 heavy (non-hydrogen) atoms. The minimum Gasteiger partial charge on any atom is -0.399 e. The Morgan fingerprint density at radius 1 is 1.25 bits per heavy atom. The second-order valence-electron chi connectivity index (χ2n) is 4.87. The lowest BCUT2D eigenvalue weighted by Gasteiger charge is -2.15. The summed E-state index contributed by atoms with van der Waals surface area (Å²) in [6.07, 6.45) is 2.50. The molecule has 2 amide bonds. The smallest absolute Gasteiger partial charge is 0.251 e. The van der Waals surface area contributed by atoms with E-state index in [0.29, 0.717) is 24.2 Å². The summed E-state index contributed by atoms with van der Waals surface area (Å²) in [5.74, 6) is -0.108. The third-order valence-corrected chi connectivity index (χ3v) is 3.72. The molecule has 1 heterocycles. The maximum absolute atomic E-state index is 11.9. The van der Waals surface area contributed by atoms with Crippen molar-refractivity contribution < 1.29 is 9.59 Å². The maximum atomic E-state index is 11.9. The fourth-order valence-electron chi connectivity index (χ4n) is 2.25. The molecule has 1 aromatic carbocycles. The zero-order valence-corrected chi connectivity index (χ0v) is 12.8. The number of amides is 2. The standard InChI is InChI=1S/C14H18BrN3O2/c15-11-7-10(8-12(16)9-11)14(20)17-4-3-13(19)18-5-1-2-6-18/h7-9H,1-6,16H2,(H,17,20). The molecule has 0 atom stereocenters.